The zero-order valence-corrected chi connectivity index (χ0v) is 11.2. The number of rotatable bonds is 5. The molecule has 5 heteroatoms. The zero-order valence-electron chi connectivity index (χ0n) is 11.2. The number of benzene rings is 2. The molecule has 0 unspecified atom stereocenters. The van der Waals surface area contributed by atoms with Crippen LogP contribution < -0.4 is 5.32 Å². The van der Waals surface area contributed by atoms with E-state index < -0.39 is 5.97 Å². The maximum atomic E-state index is 11.9. The molecule has 2 rings (SSSR count). The SMILES string of the molecule is O=C(NCCc1ccccc1C(=O)O)c1ccc(O)cc1. The number of nitrogens with one attached hydrogen (secondary N) is 1. The number of carboxylic acids is 1. The van der Waals surface area contributed by atoms with E-state index in [0.717, 1.165) is 0 Å². The van der Waals surface area contributed by atoms with Gasteiger partial charge in [0.15, 0.2) is 0 Å². The lowest BCUT2D eigenvalue weighted by atomic mass is 10.0. The average molecular weight is 285 g/mol. The van der Waals surface area contributed by atoms with E-state index in [1.54, 1.807) is 24.3 Å². The van der Waals surface area contributed by atoms with Gasteiger partial charge in [-0.15, -0.1) is 0 Å². The largest absolute Gasteiger partial charge is 0.508 e. The number of aromatic carboxylic acids is 1. The first kappa shape index (κ1) is 14.6. The Bertz CT molecular complexity index is 650. The number of aromatic hydroxyl groups is 1. The van der Waals surface area contributed by atoms with Crippen molar-refractivity contribution >= 4 is 11.9 Å². The fraction of sp³-hybridized carbons (Fsp3) is 0.125. The Hall–Kier alpha value is -2.82. The van der Waals surface area contributed by atoms with Gasteiger partial charge in [0.1, 0.15) is 5.75 Å². The van der Waals surface area contributed by atoms with E-state index >= 15 is 0 Å². The molecule has 1 amide bonds. The summed E-state index contributed by atoms with van der Waals surface area (Å²) in [5, 5.41) is 20.9. The van der Waals surface area contributed by atoms with Crippen LogP contribution in [-0.4, -0.2) is 28.6 Å². The standard InChI is InChI=1S/C16H15NO4/c18-13-7-5-12(6-8-13)15(19)17-10-9-11-3-1-2-4-14(11)16(20)21/h1-8,18H,9-10H2,(H,17,19)(H,20,21). The lowest BCUT2D eigenvalue weighted by Gasteiger charge is -2.07. The van der Waals surface area contributed by atoms with E-state index in [2.05, 4.69) is 5.32 Å². The van der Waals surface area contributed by atoms with E-state index in [1.165, 1.54) is 24.3 Å². The number of carbonyl (C=O) groups is 2. The molecule has 21 heavy (non-hydrogen) atoms. The van der Waals surface area contributed by atoms with Crippen LogP contribution >= 0.6 is 0 Å². The van der Waals surface area contributed by atoms with Gasteiger partial charge in [0.05, 0.1) is 5.56 Å². The first-order valence-corrected chi connectivity index (χ1v) is 6.46. The molecule has 0 heterocycles. The summed E-state index contributed by atoms with van der Waals surface area (Å²) < 4.78 is 0. The number of amides is 1. The molecule has 5 nitrogen and oxygen atoms in total. The highest BCUT2D eigenvalue weighted by molar-refractivity contribution is 5.94. The monoisotopic (exact) mass is 285 g/mol. The summed E-state index contributed by atoms with van der Waals surface area (Å²) in [4.78, 5) is 22.9. The molecular weight excluding hydrogens is 270 g/mol. The molecule has 0 saturated carbocycles. The van der Waals surface area contributed by atoms with Crippen molar-refractivity contribution in [3.8, 4) is 5.75 Å². The van der Waals surface area contributed by atoms with Crippen LogP contribution in [-0.2, 0) is 6.42 Å². The fourth-order valence-electron chi connectivity index (χ4n) is 1.97. The minimum Gasteiger partial charge on any atom is -0.508 e. The molecule has 0 atom stereocenters. The Morgan fingerprint density at radius 3 is 2.33 bits per heavy atom. The number of carboxylic acid groups (broad SMARTS) is 1. The van der Waals surface area contributed by atoms with Crippen molar-refractivity contribution in [2.24, 2.45) is 0 Å². The fourth-order valence-corrected chi connectivity index (χ4v) is 1.97. The minimum atomic E-state index is -0.976. The summed E-state index contributed by atoms with van der Waals surface area (Å²) in [5.41, 5.74) is 1.37. The second-order valence-electron chi connectivity index (χ2n) is 4.52. The Morgan fingerprint density at radius 2 is 1.67 bits per heavy atom. The smallest absolute Gasteiger partial charge is 0.335 e. The van der Waals surface area contributed by atoms with Gasteiger partial charge in [-0.05, 0) is 42.3 Å². The van der Waals surface area contributed by atoms with Gasteiger partial charge in [-0.3, -0.25) is 4.79 Å². The molecule has 0 aliphatic carbocycles. The molecular formula is C16H15NO4. The van der Waals surface area contributed by atoms with Gasteiger partial charge in [-0.1, -0.05) is 18.2 Å². The molecule has 0 bridgehead atoms. The molecule has 0 radical (unpaired) electrons. The predicted molar refractivity (Wildman–Crippen MR) is 77.5 cm³/mol. The second kappa shape index (κ2) is 6.56. The molecule has 3 N–H and O–H groups in total. The summed E-state index contributed by atoms with van der Waals surface area (Å²) in [6.07, 6.45) is 0.437. The summed E-state index contributed by atoms with van der Waals surface area (Å²) in [7, 11) is 0. The lowest BCUT2D eigenvalue weighted by molar-refractivity contribution is 0.0695. The molecule has 2 aromatic rings. The highest BCUT2D eigenvalue weighted by atomic mass is 16.4. The minimum absolute atomic E-state index is 0.0990. The zero-order chi connectivity index (χ0) is 15.2. The normalized spacial score (nSPS) is 10.1. The average Bonchev–Trinajstić information content (AvgIpc) is 2.48. The third-order valence-corrected chi connectivity index (χ3v) is 3.06. The van der Waals surface area contributed by atoms with E-state index in [0.29, 0.717) is 24.1 Å². The van der Waals surface area contributed by atoms with Crippen LogP contribution in [0.1, 0.15) is 26.3 Å². The van der Waals surface area contributed by atoms with Crippen LogP contribution in [0.25, 0.3) is 0 Å². The predicted octanol–water partition coefficient (Wildman–Crippen LogP) is 2.06. The first-order chi connectivity index (χ1) is 10.1. The molecule has 2 aromatic carbocycles. The summed E-state index contributed by atoms with van der Waals surface area (Å²) >= 11 is 0. The number of carbonyl (C=O) groups excluding carboxylic acids is 1. The lowest BCUT2D eigenvalue weighted by Crippen LogP contribution is -2.26. The van der Waals surface area contributed by atoms with Crippen LogP contribution in [0.4, 0.5) is 0 Å². The van der Waals surface area contributed by atoms with Crippen molar-refractivity contribution in [1.82, 2.24) is 5.32 Å². The van der Waals surface area contributed by atoms with Gasteiger partial charge in [-0.2, -0.15) is 0 Å². The number of phenols is 1. The van der Waals surface area contributed by atoms with E-state index in [-0.39, 0.29) is 17.2 Å². The van der Waals surface area contributed by atoms with E-state index in [1.807, 2.05) is 0 Å². The quantitative estimate of drug-likeness (QED) is 0.784. The van der Waals surface area contributed by atoms with Crippen LogP contribution in [0.3, 0.4) is 0 Å². The highest BCUT2D eigenvalue weighted by Crippen LogP contribution is 2.11. The van der Waals surface area contributed by atoms with Gasteiger partial charge >= 0.3 is 5.97 Å². The Balaban J connectivity index is 1.94. The Kier molecular flexibility index (Phi) is 4.56. The van der Waals surface area contributed by atoms with Gasteiger partial charge in [0.25, 0.3) is 5.91 Å². The Labute approximate surface area is 121 Å². The van der Waals surface area contributed by atoms with Crippen molar-refractivity contribution in [3.05, 3.63) is 65.2 Å². The summed E-state index contributed by atoms with van der Waals surface area (Å²) in [5.74, 6) is -1.14. The summed E-state index contributed by atoms with van der Waals surface area (Å²) in [6, 6.07) is 12.6. The topological polar surface area (TPSA) is 86.6 Å². The molecule has 108 valence electrons. The number of phenolic OH excluding ortho intramolecular Hbond substituents is 1. The van der Waals surface area contributed by atoms with Crippen LogP contribution in [0.5, 0.6) is 5.75 Å². The van der Waals surface area contributed by atoms with Crippen molar-refractivity contribution in [2.45, 2.75) is 6.42 Å². The van der Waals surface area contributed by atoms with Crippen molar-refractivity contribution < 1.29 is 19.8 Å². The van der Waals surface area contributed by atoms with E-state index in [4.69, 9.17) is 10.2 Å². The maximum absolute atomic E-state index is 11.9. The third kappa shape index (κ3) is 3.82. The van der Waals surface area contributed by atoms with Crippen LogP contribution in [0, 0.1) is 0 Å². The highest BCUT2D eigenvalue weighted by Gasteiger charge is 2.09. The van der Waals surface area contributed by atoms with Crippen LogP contribution in [0.15, 0.2) is 48.5 Å². The second-order valence-corrected chi connectivity index (χ2v) is 4.52. The molecule has 0 aliphatic rings. The van der Waals surface area contributed by atoms with Crippen molar-refractivity contribution in [3.63, 3.8) is 0 Å². The van der Waals surface area contributed by atoms with Gasteiger partial charge in [-0.25, -0.2) is 4.79 Å². The van der Waals surface area contributed by atoms with Gasteiger partial charge in [0.2, 0.25) is 0 Å². The Morgan fingerprint density at radius 1 is 1.00 bits per heavy atom. The van der Waals surface area contributed by atoms with Crippen molar-refractivity contribution in [1.29, 1.82) is 0 Å². The van der Waals surface area contributed by atoms with Gasteiger partial charge < -0.3 is 15.5 Å². The number of hydrogen-bond acceptors (Lipinski definition) is 3. The van der Waals surface area contributed by atoms with Gasteiger partial charge in [0, 0.05) is 12.1 Å². The first-order valence-electron chi connectivity index (χ1n) is 6.46. The van der Waals surface area contributed by atoms with Crippen molar-refractivity contribution in [2.75, 3.05) is 6.54 Å². The molecule has 0 saturated heterocycles. The molecule has 0 aliphatic heterocycles. The molecule has 0 fully saturated rings. The third-order valence-electron chi connectivity index (χ3n) is 3.06. The van der Waals surface area contributed by atoms with E-state index in [9.17, 15) is 9.59 Å². The number of hydrogen-bond donors (Lipinski definition) is 3. The maximum Gasteiger partial charge on any atom is 0.335 e. The summed E-state index contributed by atoms with van der Waals surface area (Å²) in [6.45, 7) is 0.337. The molecule has 0 aromatic heterocycles. The van der Waals surface area contributed by atoms with Crippen LogP contribution in [0.2, 0.25) is 0 Å². The molecule has 0 spiro atoms.